The Morgan fingerprint density at radius 3 is 2.75 bits per heavy atom. The van der Waals surface area contributed by atoms with E-state index in [9.17, 15) is 9.00 Å². The smallest absolute Gasteiger partial charge is 0.326 e. The van der Waals surface area contributed by atoms with Gasteiger partial charge in [0.25, 0.3) is 0 Å². The zero-order valence-electron chi connectivity index (χ0n) is 14.9. The Morgan fingerprint density at radius 1 is 1.21 bits per heavy atom. The van der Waals surface area contributed by atoms with Gasteiger partial charge in [-0.1, -0.05) is 12.1 Å². The van der Waals surface area contributed by atoms with E-state index in [0.717, 1.165) is 16.5 Å². The van der Waals surface area contributed by atoms with Crippen molar-refractivity contribution in [2.75, 3.05) is 13.0 Å². The van der Waals surface area contributed by atoms with Gasteiger partial charge >= 0.3 is 5.69 Å². The van der Waals surface area contributed by atoms with E-state index < -0.39 is 9.73 Å². The van der Waals surface area contributed by atoms with Crippen molar-refractivity contribution in [3.05, 3.63) is 58.6 Å². The molecule has 28 heavy (non-hydrogen) atoms. The minimum Gasteiger partial charge on any atom is -0.454 e. The number of benzene rings is 2. The van der Waals surface area contributed by atoms with Gasteiger partial charge in [-0.15, -0.1) is 0 Å². The van der Waals surface area contributed by atoms with Gasteiger partial charge in [-0.25, -0.2) is 18.8 Å². The summed E-state index contributed by atoms with van der Waals surface area (Å²) in [7, 11) is -2.77. The van der Waals surface area contributed by atoms with Gasteiger partial charge in [0.2, 0.25) is 6.79 Å². The lowest BCUT2D eigenvalue weighted by Crippen LogP contribution is -2.17. The molecule has 0 saturated heterocycles. The van der Waals surface area contributed by atoms with Gasteiger partial charge in [-0.3, -0.25) is 4.57 Å². The zero-order chi connectivity index (χ0) is 19.5. The van der Waals surface area contributed by atoms with E-state index in [-0.39, 0.29) is 12.5 Å². The maximum atomic E-state index is 12.6. The standard InChI is InChI=1S/C19H16N4O4S/c1-28(20,25)12-4-2-11(3-5-12)9-23-17-13-6-7-15-18(27-10-26-15)16(13)21-8-14(17)22-19(23)24/h2-8,20H,9-10H2,1H3,(H,22,24). The Hall–Kier alpha value is -3.33. The number of rotatable bonds is 3. The molecule has 1 aliphatic heterocycles. The quantitative estimate of drug-likeness (QED) is 0.553. The number of nitrogens with zero attached hydrogens (tertiary/aromatic N) is 2. The molecule has 142 valence electrons. The van der Waals surface area contributed by atoms with Crippen molar-refractivity contribution >= 4 is 31.7 Å². The van der Waals surface area contributed by atoms with Crippen LogP contribution in [0.2, 0.25) is 0 Å². The minimum atomic E-state index is -2.77. The van der Waals surface area contributed by atoms with Crippen LogP contribution in [0, 0.1) is 4.78 Å². The predicted octanol–water partition coefficient (Wildman–Crippen LogP) is 2.69. The maximum Gasteiger partial charge on any atom is 0.326 e. The Kier molecular flexibility index (Phi) is 3.50. The molecule has 0 bridgehead atoms. The molecule has 2 N–H and O–H groups in total. The SMILES string of the molecule is CS(=N)(=O)c1ccc(Cn2c(=O)[nH]c3cnc4c5c(ccc4c32)OCO5)cc1. The van der Waals surface area contributed by atoms with Crippen molar-refractivity contribution in [3.8, 4) is 11.5 Å². The molecule has 2 aromatic carbocycles. The van der Waals surface area contributed by atoms with Crippen LogP contribution in [0.3, 0.4) is 0 Å². The average Bonchev–Trinajstić information content (AvgIpc) is 3.26. The van der Waals surface area contributed by atoms with Crippen LogP contribution >= 0.6 is 0 Å². The highest BCUT2D eigenvalue weighted by Gasteiger charge is 2.21. The highest BCUT2D eigenvalue weighted by atomic mass is 32.2. The fourth-order valence-electron chi connectivity index (χ4n) is 3.47. The fourth-order valence-corrected chi connectivity index (χ4v) is 4.12. The summed E-state index contributed by atoms with van der Waals surface area (Å²) in [6.45, 7) is 0.479. The molecule has 0 fully saturated rings. The van der Waals surface area contributed by atoms with Crippen molar-refractivity contribution in [1.82, 2.24) is 14.5 Å². The lowest BCUT2D eigenvalue weighted by atomic mass is 10.1. The number of hydrogen-bond donors (Lipinski definition) is 2. The van der Waals surface area contributed by atoms with E-state index in [2.05, 4.69) is 9.97 Å². The molecule has 0 spiro atoms. The van der Waals surface area contributed by atoms with Gasteiger partial charge in [0.05, 0.1) is 33.5 Å². The number of fused-ring (bicyclic) bond motifs is 5. The van der Waals surface area contributed by atoms with Gasteiger partial charge in [-0.2, -0.15) is 0 Å². The number of aromatic nitrogens is 3. The van der Waals surface area contributed by atoms with Crippen molar-refractivity contribution in [2.45, 2.75) is 11.4 Å². The van der Waals surface area contributed by atoms with Crippen molar-refractivity contribution in [1.29, 1.82) is 4.78 Å². The van der Waals surface area contributed by atoms with Crippen LogP contribution in [0.15, 0.2) is 52.3 Å². The number of nitrogens with one attached hydrogen (secondary N) is 2. The lowest BCUT2D eigenvalue weighted by molar-refractivity contribution is 0.174. The largest absolute Gasteiger partial charge is 0.454 e. The molecule has 0 amide bonds. The van der Waals surface area contributed by atoms with Gasteiger partial charge in [0.1, 0.15) is 5.52 Å². The molecule has 8 nitrogen and oxygen atoms in total. The first-order valence-corrected chi connectivity index (χ1v) is 10.5. The number of hydrogen-bond acceptors (Lipinski definition) is 6. The highest BCUT2D eigenvalue weighted by Crippen LogP contribution is 2.39. The number of aromatic amines is 1. The molecule has 1 unspecified atom stereocenters. The second-order valence-corrected chi connectivity index (χ2v) is 8.88. The summed E-state index contributed by atoms with van der Waals surface area (Å²) < 4.78 is 32.1. The average molecular weight is 396 g/mol. The minimum absolute atomic E-state index is 0.150. The third-order valence-corrected chi connectivity index (χ3v) is 5.99. The summed E-state index contributed by atoms with van der Waals surface area (Å²) in [5.74, 6) is 1.22. The summed E-state index contributed by atoms with van der Waals surface area (Å²) in [5.41, 5.74) is 2.63. The van der Waals surface area contributed by atoms with E-state index in [1.54, 1.807) is 35.0 Å². The van der Waals surface area contributed by atoms with Gasteiger partial charge in [0.15, 0.2) is 11.5 Å². The van der Waals surface area contributed by atoms with Crippen molar-refractivity contribution in [3.63, 3.8) is 0 Å². The number of pyridine rings is 1. The predicted molar refractivity (Wildman–Crippen MR) is 105 cm³/mol. The first-order valence-electron chi connectivity index (χ1n) is 8.54. The molecule has 4 aromatic rings. The number of imidazole rings is 1. The summed E-state index contributed by atoms with van der Waals surface area (Å²) in [6, 6.07) is 10.6. The van der Waals surface area contributed by atoms with Crippen LogP contribution in [0.1, 0.15) is 5.56 Å². The summed E-state index contributed by atoms with van der Waals surface area (Å²) in [6.07, 6.45) is 3.00. The monoisotopic (exact) mass is 396 g/mol. The Morgan fingerprint density at radius 2 is 2.00 bits per heavy atom. The molecule has 0 saturated carbocycles. The molecule has 0 aliphatic carbocycles. The van der Waals surface area contributed by atoms with Crippen LogP contribution in [0.5, 0.6) is 11.5 Å². The van der Waals surface area contributed by atoms with E-state index in [0.29, 0.717) is 34.0 Å². The normalized spacial score (nSPS) is 15.2. The van der Waals surface area contributed by atoms with Crippen LogP contribution in [-0.2, 0) is 16.3 Å². The first-order chi connectivity index (χ1) is 13.4. The molecule has 1 atom stereocenters. The molecular weight excluding hydrogens is 380 g/mol. The summed E-state index contributed by atoms with van der Waals surface area (Å²) >= 11 is 0. The third-order valence-electron chi connectivity index (χ3n) is 4.82. The lowest BCUT2D eigenvalue weighted by Gasteiger charge is -2.08. The Bertz CT molecular complexity index is 1400. The molecule has 2 aromatic heterocycles. The second kappa shape index (κ2) is 5.83. The molecule has 3 heterocycles. The van der Waals surface area contributed by atoms with Crippen LogP contribution in [-0.4, -0.2) is 31.8 Å². The van der Waals surface area contributed by atoms with Crippen LogP contribution < -0.4 is 15.2 Å². The Balaban J connectivity index is 1.67. The first kappa shape index (κ1) is 16.8. The maximum absolute atomic E-state index is 12.6. The molecule has 9 heteroatoms. The number of H-pyrrole nitrogens is 1. The zero-order valence-corrected chi connectivity index (χ0v) is 15.7. The van der Waals surface area contributed by atoms with Crippen LogP contribution in [0.4, 0.5) is 0 Å². The van der Waals surface area contributed by atoms with E-state index >= 15 is 0 Å². The van der Waals surface area contributed by atoms with E-state index in [4.69, 9.17) is 14.3 Å². The topological polar surface area (TPSA) is 110 Å². The van der Waals surface area contributed by atoms with Crippen molar-refractivity contribution in [2.24, 2.45) is 0 Å². The van der Waals surface area contributed by atoms with Gasteiger partial charge in [-0.05, 0) is 29.8 Å². The second-order valence-electron chi connectivity index (χ2n) is 6.72. The van der Waals surface area contributed by atoms with E-state index in [1.165, 1.54) is 6.26 Å². The van der Waals surface area contributed by atoms with Crippen LogP contribution in [0.25, 0.3) is 21.9 Å². The summed E-state index contributed by atoms with van der Waals surface area (Å²) in [5, 5.41) is 0.791. The molecule has 0 radical (unpaired) electrons. The fraction of sp³-hybridized carbons (Fsp3) is 0.158. The molecule has 1 aliphatic rings. The molecular formula is C19H16N4O4S. The Labute approximate surface area is 159 Å². The summed E-state index contributed by atoms with van der Waals surface area (Å²) in [4.78, 5) is 20.3. The van der Waals surface area contributed by atoms with Gasteiger partial charge < -0.3 is 14.5 Å². The van der Waals surface area contributed by atoms with Gasteiger partial charge in [0, 0.05) is 16.5 Å². The number of ether oxygens (including phenoxy) is 2. The van der Waals surface area contributed by atoms with E-state index in [1.807, 2.05) is 12.1 Å². The highest BCUT2D eigenvalue weighted by molar-refractivity contribution is 7.91. The van der Waals surface area contributed by atoms with Crippen molar-refractivity contribution < 1.29 is 13.7 Å². The third kappa shape index (κ3) is 2.55. The molecule has 5 rings (SSSR count).